The van der Waals surface area contributed by atoms with Crippen LogP contribution in [0.4, 0.5) is 5.69 Å². The zero-order chi connectivity index (χ0) is 11.8. The molecule has 1 aromatic rings. The minimum absolute atomic E-state index is 0.604. The first-order valence-electron chi connectivity index (χ1n) is 6.81. The van der Waals surface area contributed by atoms with Gasteiger partial charge >= 0.3 is 0 Å². The summed E-state index contributed by atoms with van der Waals surface area (Å²) < 4.78 is 0. The van der Waals surface area contributed by atoms with Crippen molar-refractivity contribution in [3.63, 3.8) is 0 Å². The fourth-order valence-corrected chi connectivity index (χ4v) is 2.80. The van der Waals surface area contributed by atoms with Gasteiger partial charge in [-0.25, -0.2) is 0 Å². The second kappa shape index (κ2) is 4.34. The molecule has 2 atom stereocenters. The first-order chi connectivity index (χ1) is 8.24. The van der Waals surface area contributed by atoms with E-state index in [0.717, 1.165) is 12.5 Å². The quantitative estimate of drug-likeness (QED) is 0.840. The van der Waals surface area contributed by atoms with E-state index in [1.165, 1.54) is 30.6 Å². The Kier molecular flexibility index (Phi) is 2.83. The fourth-order valence-electron chi connectivity index (χ4n) is 2.80. The van der Waals surface area contributed by atoms with Crippen LogP contribution in [0, 0.1) is 12.8 Å². The maximum absolute atomic E-state index is 3.70. The van der Waals surface area contributed by atoms with Crippen molar-refractivity contribution in [1.29, 1.82) is 0 Å². The molecule has 0 radical (unpaired) electrons. The van der Waals surface area contributed by atoms with E-state index in [9.17, 15) is 0 Å². The molecule has 0 aromatic heterocycles. The van der Waals surface area contributed by atoms with Gasteiger partial charge in [-0.2, -0.15) is 0 Å². The number of benzene rings is 1. The topological polar surface area (TPSA) is 15.3 Å². The van der Waals surface area contributed by atoms with Crippen molar-refractivity contribution < 1.29 is 0 Å². The smallest absolute Gasteiger partial charge is 0.0387 e. The number of rotatable bonds is 2. The minimum atomic E-state index is 0.604. The SMILES string of the molecule is Cc1ccc(N2CC(C3CC3)NCC2C)cc1. The summed E-state index contributed by atoms with van der Waals surface area (Å²) in [6, 6.07) is 10.3. The standard InChI is InChI=1S/C15H22N2/c1-11-3-7-14(8-4-11)17-10-15(13-5-6-13)16-9-12(17)2/h3-4,7-8,12-13,15-16H,5-6,9-10H2,1-2H3. The third kappa shape index (κ3) is 2.32. The van der Waals surface area contributed by atoms with Gasteiger partial charge in [0.2, 0.25) is 0 Å². The summed E-state index contributed by atoms with van der Waals surface area (Å²) in [5.41, 5.74) is 2.73. The molecular weight excluding hydrogens is 208 g/mol. The average molecular weight is 230 g/mol. The Morgan fingerprint density at radius 2 is 1.88 bits per heavy atom. The van der Waals surface area contributed by atoms with Crippen LogP contribution in [-0.4, -0.2) is 25.2 Å². The molecule has 1 aliphatic heterocycles. The Morgan fingerprint density at radius 3 is 2.53 bits per heavy atom. The van der Waals surface area contributed by atoms with Crippen LogP contribution in [-0.2, 0) is 0 Å². The Balaban J connectivity index is 1.76. The van der Waals surface area contributed by atoms with E-state index in [2.05, 4.69) is 48.3 Å². The van der Waals surface area contributed by atoms with E-state index >= 15 is 0 Å². The van der Waals surface area contributed by atoms with E-state index in [-0.39, 0.29) is 0 Å². The second-order valence-corrected chi connectivity index (χ2v) is 5.69. The van der Waals surface area contributed by atoms with Gasteiger partial charge in [0.15, 0.2) is 0 Å². The van der Waals surface area contributed by atoms with Gasteiger partial charge in [0, 0.05) is 30.9 Å². The molecule has 1 aromatic carbocycles. The lowest BCUT2D eigenvalue weighted by Crippen LogP contribution is -2.56. The number of aryl methyl sites for hydroxylation is 1. The highest BCUT2D eigenvalue weighted by Crippen LogP contribution is 2.35. The monoisotopic (exact) mass is 230 g/mol. The number of nitrogens with one attached hydrogen (secondary N) is 1. The highest BCUT2D eigenvalue weighted by atomic mass is 15.2. The summed E-state index contributed by atoms with van der Waals surface area (Å²) >= 11 is 0. The molecule has 1 saturated carbocycles. The summed E-state index contributed by atoms with van der Waals surface area (Å²) in [5, 5.41) is 3.70. The molecule has 0 spiro atoms. The van der Waals surface area contributed by atoms with E-state index in [1.54, 1.807) is 0 Å². The summed E-state index contributed by atoms with van der Waals surface area (Å²) in [6.07, 6.45) is 2.85. The van der Waals surface area contributed by atoms with Crippen LogP contribution in [0.2, 0.25) is 0 Å². The fraction of sp³-hybridized carbons (Fsp3) is 0.600. The van der Waals surface area contributed by atoms with Crippen LogP contribution in [0.5, 0.6) is 0 Å². The first-order valence-corrected chi connectivity index (χ1v) is 6.81. The van der Waals surface area contributed by atoms with Crippen LogP contribution in [0.15, 0.2) is 24.3 Å². The maximum Gasteiger partial charge on any atom is 0.0387 e. The van der Waals surface area contributed by atoms with Gasteiger partial charge in [0.1, 0.15) is 0 Å². The molecule has 2 fully saturated rings. The van der Waals surface area contributed by atoms with Crippen LogP contribution >= 0.6 is 0 Å². The normalized spacial score (nSPS) is 29.4. The molecule has 1 heterocycles. The molecule has 1 aliphatic carbocycles. The van der Waals surface area contributed by atoms with Crippen LogP contribution in [0.3, 0.4) is 0 Å². The summed E-state index contributed by atoms with van der Waals surface area (Å²) in [7, 11) is 0. The van der Waals surface area contributed by atoms with Crippen molar-refractivity contribution in [2.24, 2.45) is 5.92 Å². The van der Waals surface area contributed by atoms with Gasteiger partial charge in [-0.05, 0) is 44.7 Å². The van der Waals surface area contributed by atoms with Gasteiger partial charge in [-0.15, -0.1) is 0 Å². The van der Waals surface area contributed by atoms with Crippen molar-refractivity contribution in [3.05, 3.63) is 29.8 Å². The Bertz CT molecular complexity index is 380. The molecule has 1 N–H and O–H groups in total. The summed E-state index contributed by atoms with van der Waals surface area (Å²) in [6.45, 7) is 6.76. The number of hydrogen-bond donors (Lipinski definition) is 1. The molecule has 2 aliphatic rings. The van der Waals surface area contributed by atoms with Crippen LogP contribution in [0.1, 0.15) is 25.3 Å². The van der Waals surface area contributed by atoms with Crippen molar-refractivity contribution in [1.82, 2.24) is 5.32 Å². The van der Waals surface area contributed by atoms with Crippen molar-refractivity contribution >= 4 is 5.69 Å². The van der Waals surface area contributed by atoms with Crippen LogP contribution in [0.25, 0.3) is 0 Å². The largest absolute Gasteiger partial charge is 0.366 e. The highest BCUT2D eigenvalue weighted by Gasteiger charge is 2.35. The van der Waals surface area contributed by atoms with Gasteiger partial charge in [0.25, 0.3) is 0 Å². The number of nitrogens with zero attached hydrogens (tertiary/aromatic N) is 1. The van der Waals surface area contributed by atoms with E-state index in [0.29, 0.717) is 12.1 Å². The number of anilines is 1. The first kappa shape index (κ1) is 11.1. The van der Waals surface area contributed by atoms with E-state index in [1.807, 2.05) is 0 Å². The number of piperazine rings is 1. The van der Waals surface area contributed by atoms with Gasteiger partial charge < -0.3 is 10.2 Å². The molecule has 2 unspecified atom stereocenters. The van der Waals surface area contributed by atoms with Gasteiger partial charge in [0.05, 0.1) is 0 Å². The third-order valence-corrected chi connectivity index (χ3v) is 4.16. The van der Waals surface area contributed by atoms with Crippen molar-refractivity contribution in [2.75, 3.05) is 18.0 Å². The molecule has 92 valence electrons. The zero-order valence-corrected chi connectivity index (χ0v) is 10.8. The maximum atomic E-state index is 3.70. The molecular formula is C15H22N2. The van der Waals surface area contributed by atoms with Crippen LogP contribution < -0.4 is 10.2 Å². The molecule has 2 nitrogen and oxygen atoms in total. The average Bonchev–Trinajstić information content (AvgIpc) is 3.15. The molecule has 2 heteroatoms. The Labute approximate surface area is 104 Å². The van der Waals surface area contributed by atoms with E-state index < -0.39 is 0 Å². The molecule has 0 bridgehead atoms. The zero-order valence-electron chi connectivity index (χ0n) is 10.8. The second-order valence-electron chi connectivity index (χ2n) is 5.69. The molecule has 3 rings (SSSR count). The molecule has 1 saturated heterocycles. The predicted octanol–water partition coefficient (Wildman–Crippen LogP) is 2.57. The van der Waals surface area contributed by atoms with Crippen molar-refractivity contribution in [2.45, 2.75) is 38.8 Å². The third-order valence-electron chi connectivity index (χ3n) is 4.16. The summed E-state index contributed by atoms with van der Waals surface area (Å²) in [4.78, 5) is 2.57. The highest BCUT2D eigenvalue weighted by molar-refractivity contribution is 5.49. The molecule has 0 amide bonds. The molecule has 17 heavy (non-hydrogen) atoms. The van der Waals surface area contributed by atoms with E-state index in [4.69, 9.17) is 0 Å². The Morgan fingerprint density at radius 1 is 1.18 bits per heavy atom. The van der Waals surface area contributed by atoms with Gasteiger partial charge in [-0.1, -0.05) is 17.7 Å². The predicted molar refractivity (Wildman–Crippen MR) is 72.5 cm³/mol. The lowest BCUT2D eigenvalue weighted by molar-refractivity contribution is 0.376. The minimum Gasteiger partial charge on any atom is -0.366 e. The Hall–Kier alpha value is -1.02. The lowest BCUT2D eigenvalue weighted by atomic mass is 10.0. The lowest BCUT2D eigenvalue weighted by Gasteiger charge is -2.40. The van der Waals surface area contributed by atoms with Gasteiger partial charge in [-0.3, -0.25) is 0 Å². The van der Waals surface area contributed by atoms with Crippen molar-refractivity contribution in [3.8, 4) is 0 Å². The number of hydrogen-bond acceptors (Lipinski definition) is 2. The summed E-state index contributed by atoms with van der Waals surface area (Å²) in [5.74, 6) is 0.940.